The lowest BCUT2D eigenvalue weighted by Crippen LogP contribution is -2.28. The number of nitrogens with zero attached hydrogens (tertiary/aromatic N) is 4. The normalized spacial score (nSPS) is 15.9. The van der Waals surface area contributed by atoms with Crippen molar-refractivity contribution >= 4 is 28.3 Å². The highest BCUT2D eigenvalue weighted by Crippen LogP contribution is 2.40. The molecule has 0 spiro atoms. The van der Waals surface area contributed by atoms with Crippen molar-refractivity contribution in [1.82, 2.24) is 15.0 Å². The number of rotatable bonds is 5. The number of hydrogen-bond acceptors (Lipinski definition) is 7. The lowest BCUT2D eigenvalue weighted by Gasteiger charge is -2.21. The zero-order chi connectivity index (χ0) is 22.9. The van der Waals surface area contributed by atoms with E-state index in [4.69, 9.17) is 10.5 Å². The monoisotopic (exact) mass is 441 g/mol. The number of aromatic nitrogens is 3. The van der Waals surface area contributed by atoms with Crippen LogP contribution in [0.1, 0.15) is 12.0 Å². The van der Waals surface area contributed by atoms with Gasteiger partial charge in [-0.05, 0) is 43.2 Å². The number of ether oxygens (including phenoxy) is 1. The summed E-state index contributed by atoms with van der Waals surface area (Å²) in [5.41, 5.74) is 8.82. The van der Waals surface area contributed by atoms with Gasteiger partial charge in [0.25, 0.3) is 0 Å². The Labute approximate surface area is 190 Å². The van der Waals surface area contributed by atoms with Crippen molar-refractivity contribution in [3.05, 3.63) is 66.5 Å². The molecule has 33 heavy (non-hydrogen) atoms. The predicted octanol–water partition coefficient (Wildman–Crippen LogP) is 3.72. The average molecular weight is 441 g/mol. The Morgan fingerprint density at radius 2 is 1.97 bits per heavy atom. The molecule has 4 aromatic rings. The maximum absolute atomic E-state index is 12.8. The number of fused-ring (bicyclic) bond motifs is 1. The molecule has 8 nitrogen and oxygen atoms in total. The number of nitrogen functional groups attached to an aromatic ring is 1. The summed E-state index contributed by atoms with van der Waals surface area (Å²) < 4.78 is 6.38. The number of anilines is 2. The van der Waals surface area contributed by atoms with Gasteiger partial charge in [0, 0.05) is 29.7 Å². The second-order valence-electron chi connectivity index (χ2n) is 8.00. The van der Waals surface area contributed by atoms with E-state index in [0.717, 1.165) is 22.0 Å². The molecule has 3 N–H and O–H groups in total. The molecule has 8 heteroatoms. The zero-order valence-electron chi connectivity index (χ0n) is 18.1. The number of aryl methyl sites for hydroxylation is 1. The van der Waals surface area contributed by atoms with Gasteiger partial charge in [-0.3, -0.25) is 4.79 Å². The van der Waals surface area contributed by atoms with Gasteiger partial charge in [0.2, 0.25) is 17.7 Å². The molecule has 5 rings (SSSR count). The summed E-state index contributed by atoms with van der Waals surface area (Å²) >= 11 is 0. The van der Waals surface area contributed by atoms with Crippen LogP contribution < -0.4 is 15.4 Å². The molecule has 0 aliphatic carbocycles. The molecule has 166 valence electrons. The molecule has 0 radical (unpaired) electrons. The van der Waals surface area contributed by atoms with Gasteiger partial charge < -0.3 is 20.5 Å². The van der Waals surface area contributed by atoms with Crippen LogP contribution in [0.4, 0.5) is 11.6 Å². The van der Waals surface area contributed by atoms with Crippen LogP contribution in [0.25, 0.3) is 22.0 Å². The smallest absolute Gasteiger partial charge is 0.232 e. The van der Waals surface area contributed by atoms with Crippen LogP contribution in [-0.4, -0.2) is 39.1 Å². The number of carbonyl (C=O) groups excluding carboxylic acids is 1. The summed E-state index contributed by atoms with van der Waals surface area (Å²) in [7, 11) is 0. The van der Waals surface area contributed by atoms with E-state index in [1.807, 2.05) is 49.4 Å². The van der Waals surface area contributed by atoms with Crippen molar-refractivity contribution in [1.29, 1.82) is 0 Å². The first-order valence-electron chi connectivity index (χ1n) is 10.7. The lowest BCUT2D eigenvalue weighted by molar-refractivity contribution is -0.121. The molecular formula is C25H23N5O3. The number of hydrogen-bond donors (Lipinski definition) is 2. The molecule has 2 aromatic heterocycles. The van der Waals surface area contributed by atoms with E-state index in [-0.39, 0.29) is 24.4 Å². The Hall–Kier alpha value is -4.04. The van der Waals surface area contributed by atoms with E-state index >= 15 is 0 Å². The third-order valence-electron chi connectivity index (χ3n) is 5.93. The molecule has 1 unspecified atom stereocenters. The SMILES string of the molecule is Cc1ccc2c(N3CCC(CO)C3=O)cccc2c1Oc1ncccc1-c1ccnc(N)n1. The maximum atomic E-state index is 12.8. The molecule has 1 atom stereocenters. The van der Waals surface area contributed by atoms with E-state index < -0.39 is 0 Å². The van der Waals surface area contributed by atoms with Crippen LogP contribution in [0.5, 0.6) is 11.6 Å². The van der Waals surface area contributed by atoms with Gasteiger partial charge in [0.05, 0.1) is 29.5 Å². The number of amides is 1. The first-order valence-corrected chi connectivity index (χ1v) is 10.7. The number of carbonyl (C=O) groups is 1. The van der Waals surface area contributed by atoms with Crippen LogP contribution in [0.15, 0.2) is 60.9 Å². The van der Waals surface area contributed by atoms with Crippen molar-refractivity contribution < 1.29 is 14.6 Å². The molecule has 1 aliphatic rings. The summed E-state index contributed by atoms with van der Waals surface area (Å²) in [6.45, 7) is 2.41. The minimum Gasteiger partial charge on any atom is -0.437 e. The second kappa shape index (κ2) is 8.48. The molecule has 2 aromatic carbocycles. The van der Waals surface area contributed by atoms with Gasteiger partial charge in [-0.1, -0.05) is 24.3 Å². The van der Waals surface area contributed by atoms with E-state index in [1.165, 1.54) is 0 Å². The van der Waals surface area contributed by atoms with Gasteiger partial charge >= 0.3 is 0 Å². The van der Waals surface area contributed by atoms with E-state index in [0.29, 0.717) is 35.9 Å². The number of aliphatic hydroxyl groups is 1. The largest absolute Gasteiger partial charge is 0.437 e. The van der Waals surface area contributed by atoms with Gasteiger partial charge in [-0.25, -0.2) is 15.0 Å². The summed E-state index contributed by atoms with van der Waals surface area (Å²) in [4.78, 5) is 27.2. The van der Waals surface area contributed by atoms with Gasteiger partial charge in [-0.2, -0.15) is 0 Å². The summed E-state index contributed by atoms with van der Waals surface area (Å²) in [5.74, 6) is 0.819. The Morgan fingerprint density at radius 1 is 1.09 bits per heavy atom. The molecule has 0 saturated carbocycles. The molecule has 3 heterocycles. The Bertz CT molecular complexity index is 1360. The van der Waals surface area contributed by atoms with Crippen molar-refractivity contribution in [3.63, 3.8) is 0 Å². The quantitative estimate of drug-likeness (QED) is 0.485. The minimum absolute atomic E-state index is 0.0543. The predicted molar refractivity (Wildman–Crippen MR) is 126 cm³/mol. The fourth-order valence-electron chi connectivity index (χ4n) is 4.23. The average Bonchev–Trinajstić information content (AvgIpc) is 3.21. The number of pyridine rings is 1. The topological polar surface area (TPSA) is 114 Å². The lowest BCUT2D eigenvalue weighted by atomic mass is 10.0. The van der Waals surface area contributed by atoms with Crippen molar-refractivity contribution in [2.75, 3.05) is 23.8 Å². The van der Waals surface area contributed by atoms with Gasteiger partial charge in [0.15, 0.2) is 0 Å². The van der Waals surface area contributed by atoms with Crippen molar-refractivity contribution in [2.45, 2.75) is 13.3 Å². The minimum atomic E-state index is -0.349. The van der Waals surface area contributed by atoms with Crippen LogP contribution in [-0.2, 0) is 4.79 Å². The van der Waals surface area contributed by atoms with Crippen LogP contribution >= 0.6 is 0 Å². The summed E-state index contributed by atoms with van der Waals surface area (Å²) in [6.07, 6.45) is 3.89. The van der Waals surface area contributed by atoms with Gasteiger partial charge in [-0.15, -0.1) is 0 Å². The summed E-state index contributed by atoms with van der Waals surface area (Å²) in [6, 6.07) is 15.2. The maximum Gasteiger partial charge on any atom is 0.232 e. The number of nitrogens with two attached hydrogens (primary N) is 1. The van der Waals surface area contributed by atoms with E-state index in [9.17, 15) is 9.90 Å². The standard InChI is InChI=1S/C25H23N5O3/c1-15-7-8-17-18(4-2-6-21(17)30-13-10-16(14-31)24(30)32)22(15)33-23-19(5-3-11-27-23)20-9-12-28-25(26)29-20/h2-9,11-12,16,31H,10,13-14H2,1H3,(H2,26,28,29). The van der Waals surface area contributed by atoms with Crippen molar-refractivity contribution in [2.24, 2.45) is 5.92 Å². The first kappa shape index (κ1) is 20.8. The Balaban J connectivity index is 1.60. The number of aliphatic hydroxyl groups excluding tert-OH is 1. The van der Waals surface area contributed by atoms with Crippen molar-refractivity contribution in [3.8, 4) is 22.9 Å². The Morgan fingerprint density at radius 3 is 2.76 bits per heavy atom. The molecule has 0 bridgehead atoms. The van der Waals surface area contributed by atoms with E-state index in [1.54, 1.807) is 23.4 Å². The van der Waals surface area contributed by atoms with Gasteiger partial charge in [0.1, 0.15) is 5.75 Å². The fourth-order valence-corrected chi connectivity index (χ4v) is 4.23. The molecule has 1 amide bonds. The van der Waals surface area contributed by atoms with Crippen LogP contribution in [0.2, 0.25) is 0 Å². The van der Waals surface area contributed by atoms with E-state index in [2.05, 4.69) is 15.0 Å². The molecule has 1 fully saturated rings. The highest BCUT2D eigenvalue weighted by Gasteiger charge is 2.32. The highest BCUT2D eigenvalue weighted by molar-refractivity contribution is 6.07. The molecule has 1 saturated heterocycles. The molecular weight excluding hydrogens is 418 g/mol. The number of benzene rings is 2. The zero-order valence-corrected chi connectivity index (χ0v) is 18.1. The summed E-state index contributed by atoms with van der Waals surface area (Å²) in [5, 5.41) is 11.3. The Kier molecular flexibility index (Phi) is 5.35. The highest BCUT2D eigenvalue weighted by atomic mass is 16.5. The van der Waals surface area contributed by atoms with Crippen LogP contribution in [0.3, 0.4) is 0 Å². The van der Waals surface area contributed by atoms with Crippen LogP contribution in [0, 0.1) is 12.8 Å². The second-order valence-corrected chi connectivity index (χ2v) is 8.00. The third kappa shape index (κ3) is 3.74. The molecule has 1 aliphatic heterocycles. The fraction of sp³-hybridized carbons (Fsp3) is 0.200. The third-order valence-corrected chi connectivity index (χ3v) is 5.93. The first-order chi connectivity index (χ1) is 16.1.